The number of hydrogen-bond donors (Lipinski definition) is 1. The predicted octanol–water partition coefficient (Wildman–Crippen LogP) is 3.92. The molecule has 1 fully saturated rings. The zero-order chi connectivity index (χ0) is 23.3. The second-order valence-corrected chi connectivity index (χ2v) is 9.83. The molecule has 2 aromatic rings. The normalized spacial score (nSPS) is 18.6. The molecule has 32 heavy (non-hydrogen) atoms. The molecular formula is C24H29NO6S. The Morgan fingerprint density at radius 2 is 1.78 bits per heavy atom. The lowest BCUT2D eigenvalue weighted by Gasteiger charge is -2.29. The van der Waals surface area contributed by atoms with Gasteiger partial charge in [0.15, 0.2) is 12.4 Å². The number of nitrogens with one attached hydrogen (secondary N) is 1. The van der Waals surface area contributed by atoms with Crippen molar-refractivity contribution in [2.24, 2.45) is 5.92 Å². The van der Waals surface area contributed by atoms with Gasteiger partial charge < -0.3 is 14.2 Å². The molecule has 0 saturated heterocycles. The topological polar surface area (TPSA) is 98.8 Å². The first-order valence-corrected chi connectivity index (χ1v) is 12.2. The average Bonchev–Trinajstić information content (AvgIpc) is 2.75. The van der Waals surface area contributed by atoms with Gasteiger partial charge in [-0.1, -0.05) is 44.0 Å². The fraction of sp³-hybridized carbons (Fsp3) is 0.417. The van der Waals surface area contributed by atoms with Crippen LogP contribution in [0.4, 0.5) is 0 Å². The minimum Gasteiger partial charge on any atom is -0.452 e. The molecule has 2 atom stereocenters. The van der Waals surface area contributed by atoms with Gasteiger partial charge in [0.2, 0.25) is 0 Å². The van der Waals surface area contributed by atoms with Gasteiger partial charge in [-0.15, -0.1) is 0 Å². The van der Waals surface area contributed by atoms with Crippen molar-refractivity contribution in [2.45, 2.75) is 57.4 Å². The van der Waals surface area contributed by atoms with Crippen LogP contribution in [0.2, 0.25) is 0 Å². The Labute approximate surface area is 189 Å². The van der Waals surface area contributed by atoms with E-state index in [0.717, 1.165) is 31.2 Å². The van der Waals surface area contributed by atoms with Gasteiger partial charge in [-0.3, -0.25) is 4.79 Å². The average molecular weight is 460 g/mol. The molecular weight excluding hydrogens is 430 g/mol. The summed E-state index contributed by atoms with van der Waals surface area (Å²) < 4.78 is 36.1. The standard InChI is InChI=1S/C24H29NO6S/c1-16-12-13-18(3)22(14-16)32(28,29)31-21-11-7-5-9-19(21)24(27)30-15-23(26)25-20-10-6-4-8-17(20)2/h5,7,9,11-14,17,20H,4,6,8,10,15H2,1-3H3,(H,25,26)/t17-,20-/m0/s1. The molecule has 0 heterocycles. The van der Waals surface area contributed by atoms with Gasteiger partial charge in [-0.25, -0.2) is 4.79 Å². The number of esters is 1. The molecule has 1 amide bonds. The van der Waals surface area contributed by atoms with Gasteiger partial charge in [-0.2, -0.15) is 8.42 Å². The second kappa shape index (κ2) is 10.2. The Morgan fingerprint density at radius 1 is 1.06 bits per heavy atom. The first-order valence-electron chi connectivity index (χ1n) is 10.7. The summed E-state index contributed by atoms with van der Waals surface area (Å²) in [4.78, 5) is 24.9. The van der Waals surface area contributed by atoms with Gasteiger partial charge >= 0.3 is 16.1 Å². The second-order valence-electron chi connectivity index (χ2n) is 8.31. The van der Waals surface area contributed by atoms with Crippen molar-refractivity contribution in [1.29, 1.82) is 0 Å². The third-order valence-corrected chi connectivity index (χ3v) is 7.09. The highest BCUT2D eigenvalue weighted by molar-refractivity contribution is 7.87. The number of amides is 1. The van der Waals surface area contributed by atoms with Gasteiger partial charge in [0, 0.05) is 6.04 Å². The van der Waals surface area contributed by atoms with Crippen LogP contribution in [0.1, 0.15) is 54.1 Å². The molecule has 7 nitrogen and oxygen atoms in total. The summed E-state index contributed by atoms with van der Waals surface area (Å²) in [5, 5.41) is 2.92. The van der Waals surface area contributed by atoms with Crippen molar-refractivity contribution in [2.75, 3.05) is 6.61 Å². The number of aryl methyl sites for hydroxylation is 2. The SMILES string of the molecule is Cc1ccc(C)c(S(=O)(=O)Oc2ccccc2C(=O)OCC(=O)N[C@H]2CCCC[C@@H]2C)c1. The Morgan fingerprint density at radius 3 is 2.53 bits per heavy atom. The van der Waals surface area contributed by atoms with E-state index < -0.39 is 22.7 Å². The molecule has 0 bridgehead atoms. The molecule has 1 saturated carbocycles. The van der Waals surface area contributed by atoms with Crippen LogP contribution < -0.4 is 9.50 Å². The monoisotopic (exact) mass is 459 g/mol. The summed E-state index contributed by atoms with van der Waals surface area (Å²) in [5.74, 6) is -0.977. The molecule has 8 heteroatoms. The van der Waals surface area contributed by atoms with Gasteiger partial charge in [0.05, 0.1) is 0 Å². The maximum atomic E-state index is 12.8. The van der Waals surface area contributed by atoms with Crippen molar-refractivity contribution in [3.63, 3.8) is 0 Å². The summed E-state index contributed by atoms with van der Waals surface area (Å²) in [7, 11) is -4.17. The van der Waals surface area contributed by atoms with Crippen LogP contribution in [0.3, 0.4) is 0 Å². The summed E-state index contributed by atoms with van der Waals surface area (Å²) in [6.07, 6.45) is 4.19. The van der Waals surface area contributed by atoms with E-state index in [1.165, 1.54) is 18.2 Å². The van der Waals surface area contributed by atoms with Crippen molar-refractivity contribution in [3.05, 3.63) is 59.2 Å². The Bertz CT molecular complexity index is 1100. The van der Waals surface area contributed by atoms with Crippen LogP contribution in [0.15, 0.2) is 47.4 Å². The highest BCUT2D eigenvalue weighted by atomic mass is 32.2. The van der Waals surface area contributed by atoms with E-state index >= 15 is 0 Å². The zero-order valence-electron chi connectivity index (χ0n) is 18.6. The molecule has 0 radical (unpaired) electrons. The first-order chi connectivity index (χ1) is 15.2. The number of para-hydroxylation sites is 1. The smallest absolute Gasteiger partial charge is 0.342 e. The van der Waals surface area contributed by atoms with E-state index in [-0.39, 0.29) is 28.2 Å². The maximum Gasteiger partial charge on any atom is 0.342 e. The van der Waals surface area contributed by atoms with Crippen molar-refractivity contribution in [1.82, 2.24) is 5.32 Å². The number of benzene rings is 2. The number of ether oxygens (including phenoxy) is 1. The lowest BCUT2D eigenvalue weighted by atomic mass is 9.86. The van der Waals surface area contributed by atoms with Crippen LogP contribution >= 0.6 is 0 Å². The molecule has 0 aromatic heterocycles. The molecule has 0 aliphatic heterocycles. The van der Waals surface area contributed by atoms with Crippen LogP contribution in [0.25, 0.3) is 0 Å². The van der Waals surface area contributed by atoms with Crippen LogP contribution in [-0.4, -0.2) is 32.9 Å². The van der Waals surface area contributed by atoms with Crippen molar-refractivity contribution < 1.29 is 26.9 Å². The van der Waals surface area contributed by atoms with Crippen molar-refractivity contribution in [3.8, 4) is 5.75 Å². The molecule has 0 spiro atoms. The Balaban J connectivity index is 1.68. The van der Waals surface area contributed by atoms with E-state index in [0.29, 0.717) is 11.5 Å². The maximum absolute atomic E-state index is 12.8. The van der Waals surface area contributed by atoms with E-state index in [4.69, 9.17) is 8.92 Å². The van der Waals surface area contributed by atoms with E-state index in [9.17, 15) is 18.0 Å². The summed E-state index contributed by atoms with van der Waals surface area (Å²) >= 11 is 0. The minimum absolute atomic E-state index is 0.0293. The highest BCUT2D eigenvalue weighted by Gasteiger charge is 2.25. The lowest BCUT2D eigenvalue weighted by molar-refractivity contribution is -0.125. The number of rotatable bonds is 7. The first kappa shape index (κ1) is 23.8. The quantitative estimate of drug-likeness (QED) is 0.498. The lowest BCUT2D eigenvalue weighted by Crippen LogP contribution is -2.42. The molecule has 2 aromatic carbocycles. The molecule has 172 valence electrons. The zero-order valence-corrected chi connectivity index (χ0v) is 19.4. The highest BCUT2D eigenvalue weighted by Crippen LogP contribution is 2.26. The molecule has 1 N–H and O–H groups in total. The Kier molecular flexibility index (Phi) is 7.56. The number of carbonyl (C=O) groups excluding carboxylic acids is 2. The number of carbonyl (C=O) groups is 2. The van der Waals surface area contributed by atoms with E-state index in [1.807, 2.05) is 0 Å². The van der Waals surface area contributed by atoms with Crippen LogP contribution in [-0.2, 0) is 19.6 Å². The van der Waals surface area contributed by atoms with Gasteiger partial charge in [-0.05, 0) is 61.9 Å². The number of hydrogen-bond acceptors (Lipinski definition) is 6. The fourth-order valence-electron chi connectivity index (χ4n) is 3.84. The van der Waals surface area contributed by atoms with E-state index in [2.05, 4.69) is 12.2 Å². The molecule has 0 unspecified atom stereocenters. The predicted molar refractivity (Wildman–Crippen MR) is 120 cm³/mol. The third kappa shape index (κ3) is 5.88. The largest absolute Gasteiger partial charge is 0.452 e. The fourth-order valence-corrected chi connectivity index (χ4v) is 5.10. The molecule has 3 rings (SSSR count). The van der Waals surface area contributed by atoms with Crippen LogP contribution in [0.5, 0.6) is 5.75 Å². The van der Waals surface area contributed by atoms with Crippen molar-refractivity contribution >= 4 is 22.0 Å². The van der Waals surface area contributed by atoms with E-state index in [1.54, 1.807) is 38.1 Å². The molecule has 1 aliphatic carbocycles. The third-order valence-electron chi connectivity index (χ3n) is 5.71. The molecule has 1 aliphatic rings. The summed E-state index contributed by atoms with van der Waals surface area (Å²) in [5.41, 5.74) is 1.23. The van der Waals surface area contributed by atoms with Gasteiger partial charge in [0.25, 0.3) is 5.91 Å². The summed E-state index contributed by atoms with van der Waals surface area (Å²) in [6.45, 7) is 5.10. The summed E-state index contributed by atoms with van der Waals surface area (Å²) in [6, 6.07) is 11.0. The Hall–Kier alpha value is -2.87. The van der Waals surface area contributed by atoms with Gasteiger partial charge in [0.1, 0.15) is 10.5 Å². The minimum atomic E-state index is -4.17. The van der Waals surface area contributed by atoms with Crippen LogP contribution in [0, 0.1) is 19.8 Å².